The lowest BCUT2D eigenvalue weighted by atomic mass is 10.1. The largest absolute Gasteiger partial charge is 0.489 e. The van der Waals surface area contributed by atoms with E-state index in [1.54, 1.807) is 42.5 Å². The summed E-state index contributed by atoms with van der Waals surface area (Å²) in [6.45, 7) is 0.219. The number of hydrogen-bond donors (Lipinski definition) is 1. The van der Waals surface area contributed by atoms with Crippen LogP contribution in [-0.2, 0) is 11.3 Å². The van der Waals surface area contributed by atoms with Gasteiger partial charge in [-0.1, -0.05) is 23.7 Å². The fourth-order valence-electron chi connectivity index (χ4n) is 1.78. The van der Waals surface area contributed by atoms with Gasteiger partial charge in [0.2, 0.25) is 0 Å². The molecule has 2 aromatic carbocycles. The topological polar surface area (TPSA) is 61.5 Å². The third kappa shape index (κ3) is 3.22. The molecule has 5 heteroatoms. The molecule has 0 saturated carbocycles. The molecule has 0 unspecified atom stereocenters. The molecule has 4 nitrogen and oxygen atoms in total. The minimum Gasteiger partial charge on any atom is -0.489 e. The van der Waals surface area contributed by atoms with E-state index in [0.29, 0.717) is 27.6 Å². The van der Waals surface area contributed by atoms with Crippen molar-refractivity contribution in [2.24, 2.45) is 0 Å². The molecule has 2 aromatic rings. The van der Waals surface area contributed by atoms with Crippen molar-refractivity contribution >= 4 is 23.3 Å². The summed E-state index contributed by atoms with van der Waals surface area (Å²) in [7, 11) is 1.32. The molecule has 2 N–H and O–H groups in total. The second-order valence-corrected chi connectivity index (χ2v) is 4.55. The minimum absolute atomic E-state index is 0.219. The Morgan fingerprint density at radius 3 is 2.55 bits per heavy atom. The highest BCUT2D eigenvalue weighted by Crippen LogP contribution is 2.21. The van der Waals surface area contributed by atoms with Crippen molar-refractivity contribution in [3.8, 4) is 5.75 Å². The summed E-state index contributed by atoms with van der Waals surface area (Å²) in [6.07, 6.45) is 0. The third-order valence-corrected chi connectivity index (χ3v) is 3.03. The Kier molecular flexibility index (Phi) is 4.48. The van der Waals surface area contributed by atoms with Gasteiger partial charge in [0.25, 0.3) is 0 Å². The predicted molar refractivity (Wildman–Crippen MR) is 78.0 cm³/mol. The summed E-state index contributed by atoms with van der Waals surface area (Å²) < 4.78 is 10.3. The van der Waals surface area contributed by atoms with E-state index in [-0.39, 0.29) is 6.61 Å². The number of anilines is 1. The van der Waals surface area contributed by atoms with Crippen LogP contribution in [0.2, 0.25) is 5.02 Å². The molecular weight excluding hydrogens is 278 g/mol. The smallest absolute Gasteiger partial charge is 0.340 e. The van der Waals surface area contributed by atoms with Crippen LogP contribution in [0.5, 0.6) is 5.75 Å². The molecule has 0 aliphatic rings. The zero-order chi connectivity index (χ0) is 14.5. The van der Waals surface area contributed by atoms with Crippen LogP contribution in [-0.4, -0.2) is 13.1 Å². The van der Waals surface area contributed by atoms with Gasteiger partial charge < -0.3 is 15.2 Å². The van der Waals surface area contributed by atoms with E-state index < -0.39 is 5.97 Å². The van der Waals surface area contributed by atoms with Crippen molar-refractivity contribution in [1.82, 2.24) is 0 Å². The number of benzene rings is 2. The summed E-state index contributed by atoms with van der Waals surface area (Å²) in [5.74, 6) is 0.186. The molecule has 20 heavy (non-hydrogen) atoms. The molecule has 2 rings (SSSR count). The lowest BCUT2D eigenvalue weighted by molar-refractivity contribution is 0.0599. The number of halogens is 1. The maximum atomic E-state index is 11.7. The highest BCUT2D eigenvalue weighted by Gasteiger charge is 2.15. The molecule has 0 aliphatic heterocycles. The van der Waals surface area contributed by atoms with E-state index in [9.17, 15) is 4.79 Å². The van der Waals surface area contributed by atoms with Gasteiger partial charge in [0.15, 0.2) is 0 Å². The summed E-state index contributed by atoms with van der Waals surface area (Å²) in [5, 5.41) is 0.636. The SMILES string of the molecule is COC(=O)c1c(N)cccc1COc1ccc(Cl)cc1. The summed E-state index contributed by atoms with van der Waals surface area (Å²) in [4.78, 5) is 11.7. The van der Waals surface area contributed by atoms with Gasteiger partial charge in [0.1, 0.15) is 12.4 Å². The monoisotopic (exact) mass is 291 g/mol. The first-order chi connectivity index (χ1) is 9.61. The Labute approximate surface area is 122 Å². The zero-order valence-electron chi connectivity index (χ0n) is 10.9. The zero-order valence-corrected chi connectivity index (χ0v) is 11.7. The van der Waals surface area contributed by atoms with Crippen LogP contribution in [0, 0.1) is 0 Å². The van der Waals surface area contributed by atoms with Crippen LogP contribution in [0.1, 0.15) is 15.9 Å². The molecule has 0 fully saturated rings. The van der Waals surface area contributed by atoms with Crippen LogP contribution in [0.3, 0.4) is 0 Å². The van der Waals surface area contributed by atoms with Crippen LogP contribution in [0.15, 0.2) is 42.5 Å². The average Bonchev–Trinajstić information content (AvgIpc) is 2.46. The second-order valence-electron chi connectivity index (χ2n) is 4.12. The maximum Gasteiger partial charge on any atom is 0.340 e. The van der Waals surface area contributed by atoms with Crippen molar-refractivity contribution in [3.05, 3.63) is 58.6 Å². The van der Waals surface area contributed by atoms with Crippen molar-refractivity contribution in [1.29, 1.82) is 0 Å². The normalized spacial score (nSPS) is 10.1. The van der Waals surface area contributed by atoms with Gasteiger partial charge in [0, 0.05) is 16.3 Å². The summed E-state index contributed by atoms with van der Waals surface area (Å²) >= 11 is 5.80. The molecule has 0 aromatic heterocycles. The third-order valence-electron chi connectivity index (χ3n) is 2.78. The van der Waals surface area contributed by atoms with E-state index in [1.165, 1.54) is 7.11 Å². The van der Waals surface area contributed by atoms with Crippen LogP contribution in [0.25, 0.3) is 0 Å². The Balaban J connectivity index is 2.19. The van der Waals surface area contributed by atoms with Crippen LogP contribution < -0.4 is 10.5 Å². The number of nitrogens with two attached hydrogens (primary N) is 1. The average molecular weight is 292 g/mol. The molecule has 0 aliphatic carbocycles. The first kappa shape index (κ1) is 14.2. The summed E-state index contributed by atoms with van der Waals surface area (Å²) in [5.41, 5.74) is 7.19. The van der Waals surface area contributed by atoms with Gasteiger partial charge in [-0.25, -0.2) is 4.79 Å². The number of carbonyl (C=O) groups excluding carboxylic acids is 1. The van der Waals surface area contributed by atoms with Crippen molar-refractivity contribution in [2.45, 2.75) is 6.61 Å². The molecule has 0 amide bonds. The van der Waals surface area contributed by atoms with Crippen molar-refractivity contribution in [3.63, 3.8) is 0 Å². The highest BCUT2D eigenvalue weighted by molar-refractivity contribution is 6.30. The lowest BCUT2D eigenvalue weighted by Gasteiger charge is -2.11. The Morgan fingerprint density at radius 1 is 1.20 bits per heavy atom. The molecule has 104 valence electrons. The van der Waals surface area contributed by atoms with E-state index in [4.69, 9.17) is 26.8 Å². The standard InChI is InChI=1S/C15H14ClNO3/c1-19-15(18)14-10(3-2-4-13(14)17)9-20-12-7-5-11(16)6-8-12/h2-8H,9,17H2,1H3. The van der Waals surface area contributed by atoms with E-state index >= 15 is 0 Å². The number of carbonyl (C=O) groups is 1. The first-order valence-corrected chi connectivity index (χ1v) is 6.33. The maximum absolute atomic E-state index is 11.7. The molecule has 0 spiro atoms. The Bertz CT molecular complexity index is 611. The Hall–Kier alpha value is -2.20. The second kappa shape index (κ2) is 6.30. The van der Waals surface area contributed by atoms with Gasteiger partial charge >= 0.3 is 5.97 Å². The quantitative estimate of drug-likeness (QED) is 0.693. The molecular formula is C15H14ClNO3. The first-order valence-electron chi connectivity index (χ1n) is 5.96. The molecule has 0 bridgehead atoms. The summed E-state index contributed by atoms with van der Waals surface area (Å²) in [6, 6.07) is 12.2. The minimum atomic E-state index is -0.474. The fourth-order valence-corrected chi connectivity index (χ4v) is 1.91. The number of esters is 1. The Morgan fingerprint density at radius 2 is 1.90 bits per heavy atom. The van der Waals surface area contributed by atoms with E-state index in [1.807, 2.05) is 0 Å². The fraction of sp³-hybridized carbons (Fsp3) is 0.133. The van der Waals surface area contributed by atoms with Gasteiger partial charge in [-0.3, -0.25) is 0 Å². The number of nitrogen functional groups attached to an aromatic ring is 1. The molecule has 0 atom stereocenters. The van der Waals surface area contributed by atoms with Crippen molar-refractivity contribution in [2.75, 3.05) is 12.8 Å². The van der Waals surface area contributed by atoms with Gasteiger partial charge in [-0.15, -0.1) is 0 Å². The molecule has 0 saturated heterocycles. The van der Waals surface area contributed by atoms with E-state index in [0.717, 1.165) is 0 Å². The van der Waals surface area contributed by atoms with Gasteiger partial charge in [-0.05, 0) is 30.3 Å². The van der Waals surface area contributed by atoms with Crippen molar-refractivity contribution < 1.29 is 14.3 Å². The van der Waals surface area contributed by atoms with Crippen LogP contribution in [0.4, 0.5) is 5.69 Å². The highest BCUT2D eigenvalue weighted by atomic mass is 35.5. The molecule has 0 radical (unpaired) electrons. The number of rotatable bonds is 4. The molecule has 0 heterocycles. The van der Waals surface area contributed by atoms with E-state index in [2.05, 4.69) is 0 Å². The lowest BCUT2D eigenvalue weighted by Crippen LogP contribution is -2.11. The number of ether oxygens (including phenoxy) is 2. The predicted octanol–water partition coefficient (Wildman–Crippen LogP) is 3.29. The number of methoxy groups -OCH3 is 1. The van der Waals surface area contributed by atoms with Crippen LogP contribution >= 0.6 is 11.6 Å². The van der Waals surface area contributed by atoms with Gasteiger partial charge in [-0.2, -0.15) is 0 Å². The number of hydrogen-bond acceptors (Lipinski definition) is 4. The van der Waals surface area contributed by atoms with Gasteiger partial charge in [0.05, 0.1) is 12.7 Å².